The third-order valence-corrected chi connectivity index (χ3v) is 8.98. The zero-order chi connectivity index (χ0) is 32.0. The largest absolute Gasteiger partial charge is 0.358 e. The second-order valence-corrected chi connectivity index (χ2v) is 11.9. The Morgan fingerprint density at radius 2 is 1.29 bits per heavy atom. The topological polar surface area (TPSA) is 30.9 Å². The third-order valence-electron chi connectivity index (χ3n) is 8.98. The Kier molecular flexibility index (Phi) is 7.91. The Morgan fingerprint density at radius 3 is 2.10 bits per heavy atom. The van der Waals surface area contributed by atoms with Crippen molar-refractivity contribution in [3.05, 3.63) is 176 Å². The van der Waals surface area contributed by atoms with Crippen LogP contribution >= 0.6 is 0 Å². The van der Waals surface area contributed by atoms with E-state index in [1.807, 2.05) is 18.3 Å². The van der Waals surface area contributed by atoms with Crippen molar-refractivity contribution in [2.75, 3.05) is 4.90 Å². The number of benzene rings is 6. The summed E-state index contributed by atoms with van der Waals surface area (Å²) in [5.74, 6) is 0.850. The summed E-state index contributed by atoms with van der Waals surface area (Å²) >= 11 is 0. The van der Waals surface area contributed by atoms with Crippen molar-refractivity contribution in [2.24, 2.45) is 7.05 Å². The third kappa shape index (κ3) is 5.33. The van der Waals surface area contributed by atoms with Gasteiger partial charge in [0.05, 0.1) is 0 Å². The van der Waals surface area contributed by atoms with E-state index < -0.39 is 0 Å². The molecule has 0 spiro atoms. The van der Waals surface area contributed by atoms with Gasteiger partial charge in [-0.05, 0) is 59.0 Å². The van der Waals surface area contributed by atoms with Gasteiger partial charge in [-0.2, -0.15) is 12.1 Å². The molecular formula is C43H30N5Pt-. The standard InChI is InChI=1S/C43H30N5.Pt/c1-45-30-46(41-22-11-10-21-40(41)45)34-17-12-18-35(28-34)47(33-15-6-3-7-16-33)36-23-24-38-37-19-8-9-20-39(37)48(42(38)29-36)43-27-32(25-26-44-43)31-13-4-2-5-14-31;/h2-27,30H,1H3;/q-1;. The first-order chi connectivity index (χ1) is 23.7. The molecule has 6 heteroatoms. The number of nitrogens with zero attached hydrogens (tertiary/aromatic N) is 5. The first-order valence-electron chi connectivity index (χ1n) is 16.0. The van der Waals surface area contributed by atoms with Crippen molar-refractivity contribution >= 4 is 49.9 Å². The maximum atomic E-state index is 4.89. The van der Waals surface area contributed by atoms with E-state index in [1.165, 1.54) is 0 Å². The minimum atomic E-state index is 0. The van der Waals surface area contributed by atoms with Crippen LogP contribution in [0.3, 0.4) is 0 Å². The van der Waals surface area contributed by atoms with Crippen LogP contribution in [0.1, 0.15) is 0 Å². The van der Waals surface area contributed by atoms with Crippen molar-refractivity contribution < 1.29 is 21.1 Å². The van der Waals surface area contributed by atoms with Crippen molar-refractivity contribution in [2.45, 2.75) is 0 Å². The number of aryl methyl sites for hydroxylation is 1. The zero-order valence-corrected chi connectivity index (χ0v) is 28.9. The predicted molar refractivity (Wildman–Crippen MR) is 197 cm³/mol. The van der Waals surface area contributed by atoms with Gasteiger partial charge in [-0.1, -0.05) is 89.7 Å². The summed E-state index contributed by atoms with van der Waals surface area (Å²) in [5, 5.41) is 2.28. The van der Waals surface area contributed by atoms with Crippen LogP contribution in [0.5, 0.6) is 0 Å². The van der Waals surface area contributed by atoms with Gasteiger partial charge in [-0.25, -0.2) is 14.1 Å². The number of hydrogen-bond donors (Lipinski definition) is 0. The molecule has 0 N–H and O–H groups in total. The summed E-state index contributed by atoms with van der Waals surface area (Å²) in [5.41, 5.74) is 10.4. The Hall–Kier alpha value is -5.77. The molecule has 0 bridgehead atoms. The van der Waals surface area contributed by atoms with Gasteiger partial charge in [-0.15, -0.1) is 29.7 Å². The molecule has 5 nitrogen and oxygen atoms in total. The van der Waals surface area contributed by atoms with Gasteiger partial charge >= 0.3 is 0 Å². The monoisotopic (exact) mass is 811 g/mol. The molecule has 3 heterocycles. The van der Waals surface area contributed by atoms with Crippen LogP contribution in [-0.4, -0.2) is 18.7 Å². The molecule has 0 fully saturated rings. The number of rotatable bonds is 6. The van der Waals surface area contributed by atoms with Gasteiger partial charge in [0, 0.05) is 63.3 Å². The van der Waals surface area contributed by atoms with E-state index in [0.717, 1.165) is 72.5 Å². The minimum absolute atomic E-state index is 0. The molecule has 0 atom stereocenters. The van der Waals surface area contributed by atoms with Crippen LogP contribution in [0.4, 0.5) is 17.1 Å². The Bertz CT molecular complexity index is 2590. The van der Waals surface area contributed by atoms with E-state index in [1.54, 1.807) is 0 Å². The van der Waals surface area contributed by atoms with Gasteiger partial charge in [0.2, 0.25) is 0 Å². The summed E-state index contributed by atoms with van der Waals surface area (Å²) in [6, 6.07) is 60.3. The second-order valence-electron chi connectivity index (χ2n) is 11.9. The maximum Gasteiger partial charge on any atom is 0.188 e. The van der Waals surface area contributed by atoms with Gasteiger partial charge < -0.3 is 9.47 Å². The number of imidazole rings is 1. The van der Waals surface area contributed by atoms with Gasteiger partial charge in [0.25, 0.3) is 0 Å². The first-order valence-corrected chi connectivity index (χ1v) is 16.0. The number of para-hydroxylation sites is 4. The average molecular weight is 812 g/mol. The SMILES string of the molecule is Cn1[cH+]n(-c2[c-]c(N(c3[c-]c4c(cc3)c3ccccc3n4-c3cc(-c4ccccc4)ccn3)c3ccccc3)ccc2)c2ccccc21.[Pt]. The fourth-order valence-electron chi connectivity index (χ4n) is 6.76. The molecule has 6 aromatic carbocycles. The second kappa shape index (κ2) is 12.7. The fraction of sp³-hybridized carbons (Fsp3) is 0.0233. The van der Waals surface area contributed by atoms with Gasteiger partial charge in [0.1, 0.15) is 5.82 Å². The van der Waals surface area contributed by atoms with Crippen molar-refractivity contribution in [1.29, 1.82) is 0 Å². The van der Waals surface area contributed by atoms with E-state index in [-0.39, 0.29) is 21.1 Å². The minimum Gasteiger partial charge on any atom is -0.358 e. The Labute approximate surface area is 299 Å². The molecule has 0 aliphatic rings. The molecular weight excluding hydrogens is 782 g/mol. The molecule has 0 saturated heterocycles. The van der Waals surface area contributed by atoms with Crippen molar-refractivity contribution in [3.63, 3.8) is 0 Å². The molecule has 9 rings (SSSR count). The van der Waals surface area contributed by atoms with Crippen LogP contribution in [-0.2, 0) is 28.1 Å². The number of aromatic nitrogens is 4. The molecule has 49 heavy (non-hydrogen) atoms. The fourth-order valence-corrected chi connectivity index (χ4v) is 6.76. The Morgan fingerprint density at radius 1 is 0.592 bits per heavy atom. The van der Waals surface area contributed by atoms with Crippen LogP contribution in [0.25, 0.3) is 55.5 Å². The first kappa shape index (κ1) is 30.6. The summed E-state index contributed by atoms with van der Waals surface area (Å²) < 4.78 is 6.57. The van der Waals surface area contributed by atoms with E-state index in [0.29, 0.717) is 0 Å². The van der Waals surface area contributed by atoms with Crippen LogP contribution in [0.15, 0.2) is 164 Å². The zero-order valence-electron chi connectivity index (χ0n) is 26.6. The number of pyridine rings is 1. The molecule has 0 amide bonds. The van der Waals surface area contributed by atoms with E-state index in [2.05, 4.69) is 184 Å². The molecule has 0 radical (unpaired) electrons. The molecule has 0 aliphatic heterocycles. The molecule has 0 unspecified atom stereocenters. The summed E-state index contributed by atoms with van der Waals surface area (Å²) in [4.78, 5) is 7.12. The molecule has 0 aliphatic carbocycles. The number of anilines is 3. The quantitative estimate of drug-likeness (QED) is 0.157. The molecule has 0 saturated carbocycles. The molecule has 238 valence electrons. The summed E-state index contributed by atoms with van der Waals surface area (Å²) in [6.07, 6.45) is 4.00. The maximum absolute atomic E-state index is 4.89. The van der Waals surface area contributed by atoms with E-state index in [9.17, 15) is 0 Å². The average Bonchev–Trinajstić information content (AvgIpc) is 3.67. The van der Waals surface area contributed by atoms with Gasteiger partial charge in [-0.3, -0.25) is 0 Å². The predicted octanol–water partition coefficient (Wildman–Crippen LogP) is 10.5. The molecule has 9 aromatic rings. The van der Waals surface area contributed by atoms with Crippen LogP contribution in [0, 0.1) is 12.1 Å². The Balaban J connectivity index is 0.00000348. The van der Waals surface area contributed by atoms with E-state index in [4.69, 9.17) is 4.98 Å². The van der Waals surface area contributed by atoms with E-state index >= 15 is 0 Å². The number of fused-ring (bicyclic) bond motifs is 4. The number of hydrogen-bond acceptors (Lipinski definition) is 2. The van der Waals surface area contributed by atoms with Crippen molar-refractivity contribution in [1.82, 2.24) is 18.7 Å². The van der Waals surface area contributed by atoms with Crippen molar-refractivity contribution in [3.8, 4) is 22.6 Å². The van der Waals surface area contributed by atoms with Crippen LogP contribution < -0.4 is 4.90 Å². The van der Waals surface area contributed by atoms with Gasteiger partial charge in [0.15, 0.2) is 17.4 Å². The summed E-state index contributed by atoms with van der Waals surface area (Å²) in [7, 11) is 2.08. The smallest absolute Gasteiger partial charge is 0.188 e. The normalized spacial score (nSPS) is 11.2. The summed E-state index contributed by atoms with van der Waals surface area (Å²) in [6.45, 7) is 0. The molecule has 3 aromatic heterocycles. The van der Waals surface area contributed by atoms with Crippen LogP contribution in [0.2, 0.25) is 0 Å².